The number of nitrogens with two attached hydrogens (primary N) is 1. The molecular weight excluding hydrogens is 336 g/mol. The van der Waals surface area contributed by atoms with Crippen LogP contribution in [0.2, 0.25) is 0 Å². The summed E-state index contributed by atoms with van der Waals surface area (Å²) in [5.74, 6) is 0.878. The molecular formula is C18H26N4O4. The zero-order valence-electron chi connectivity index (χ0n) is 15.2. The van der Waals surface area contributed by atoms with Gasteiger partial charge in [0, 0.05) is 30.9 Å². The molecule has 3 amide bonds. The van der Waals surface area contributed by atoms with Crippen molar-refractivity contribution in [2.75, 3.05) is 38.2 Å². The summed E-state index contributed by atoms with van der Waals surface area (Å²) in [6, 6.07) is 4.66. The normalized spacial score (nSPS) is 21.7. The number of carbonyl (C=O) groups excluding carboxylic acids is 2. The molecule has 26 heavy (non-hydrogen) atoms. The summed E-state index contributed by atoms with van der Waals surface area (Å²) in [7, 11) is 0. The number of rotatable bonds is 3. The minimum absolute atomic E-state index is 0.0496. The lowest BCUT2D eigenvalue weighted by atomic mass is 9.80. The number of ether oxygens (including phenoxy) is 2. The van der Waals surface area contributed by atoms with Crippen LogP contribution in [0.4, 0.5) is 10.5 Å². The molecule has 2 aliphatic rings. The fraction of sp³-hybridized carbons (Fsp3) is 0.556. The Labute approximate surface area is 153 Å². The molecule has 0 radical (unpaired) electrons. The van der Waals surface area contributed by atoms with Crippen LogP contribution in [0.15, 0.2) is 18.2 Å². The van der Waals surface area contributed by atoms with Crippen LogP contribution >= 0.6 is 0 Å². The minimum Gasteiger partial charge on any atom is -0.486 e. The Balaban J connectivity index is 1.49. The highest BCUT2D eigenvalue weighted by Crippen LogP contribution is 2.32. The number of fused-ring (bicyclic) bond motifs is 1. The maximum atomic E-state index is 12.1. The first-order chi connectivity index (χ1) is 12.3. The number of amides is 3. The number of benzene rings is 1. The molecule has 1 aromatic carbocycles. The quantitative estimate of drug-likeness (QED) is 0.745. The van der Waals surface area contributed by atoms with Gasteiger partial charge in [0.25, 0.3) is 0 Å². The molecule has 0 spiro atoms. The molecule has 4 N–H and O–H groups in total. The van der Waals surface area contributed by atoms with Gasteiger partial charge in [0.05, 0.1) is 6.54 Å². The number of piperidine rings is 1. The highest BCUT2D eigenvalue weighted by molar-refractivity contribution is 6.01. The van der Waals surface area contributed by atoms with Gasteiger partial charge in [0.2, 0.25) is 5.91 Å². The predicted molar refractivity (Wildman–Crippen MR) is 97.4 cm³/mol. The largest absolute Gasteiger partial charge is 0.486 e. The van der Waals surface area contributed by atoms with E-state index in [2.05, 4.69) is 24.5 Å². The van der Waals surface area contributed by atoms with Gasteiger partial charge in [-0.1, -0.05) is 13.8 Å². The van der Waals surface area contributed by atoms with Gasteiger partial charge in [-0.25, -0.2) is 4.79 Å². The topological polar surface area (TPSA) is 106 Å². The number of likely N-dealkylation sites (tertiary alicyclic amines) is 1. The van der Waals surface area contributed by atoms with E-state index in [1.165, 1.54) is 0 Å². The fourth-order valence-corrected chi connectivity index (χ4v) is 3.27. The fourth-order valence-electron chi connectivity index (χ4n) is 3.27. The smallest absolute Gasteiger partial charge is 0.325 e. The number of nitrogens with zero attached hydrogens (tertiary/aromatic N) is 1. The zero-order valence-corrected chi connectivity index (χ0v) is 15.2. The lowest BCUT2D eigenvalue weighted by Crippen LogP contribution is -2.54. The molecule has 142 valence electrons. The number of anilines is 1. The van der Waals surface area contributed by atoms with Crippen molar-refractivity contribution < 1.29 is 19.1 Å². The van der Waals surface area contributed by atoms with E-state index in [0.717, 1.165) is 19.5 Å². The summed E-state index contributed by atoms with van der Waals surface area (Å²) in [5.41, 5.74) is 6.59. The van der Waals surface area contributed by atoms with Crippen LogP contribution in [0.25, 0.3) is 0 Å². The number of nitrogens with one attached hydrogen (secondary N) is 2. The lowest BCUT2D eigenvalue weighted by Gasteiger charge is -2.42. The van der Waals surface area contributed by atoms with Crippen molar-refractivity contribution in [3.8, 4) is 11.5 Å². The van der Waals surface area contributed by atoms with E-state index in [0.29, 0.717) is 30.4 Å². The third kappa shape index (κ3) is 4.44. The average Bonchev–Trinajstić information content (AvgIpc) is 2.57. The molecule has 3 rings (SSSR count). The van der Waals surface area contributed by atoms with Crippen molar-refractivity contribution in [1.29, 1.82) is 0 Å². The summed E-state index contributed by atoms with van der Waals surface area (Å²) in [5, 5.41) is 5.00. The Kier molecular flexibility index (Phi) is 5.33. The van der Waals surface area contributed by atoms with Crippen molar-refractivity contribution in [2.45, 2.75) is 26.3 Å². The molecule has 0 aliphatic carbocycles. The Morgan fingerprint density at radius 2 is 2.00 bits per heavy atom. The van der Waals surface area contributed by atoms with Gasteiger partial charge in [-0.05, 0) is 24.0 Å². The highest BCUT2D eigenvalue weighted by Gasteiger charge is 2.34. The second-order valence-corrected chi connectivity index (χ2v) is 7.46. The molecule has 2 heterocycles. The van der Waals surface area contributed by atoms with E-state index in [9.17, 15) is 9.59 Å². The first-order valence-corrected chi connectivity index (χ1v) is 8.82. The van der Waals surface area contributed by atoms with Gasteiger partial charge >= 0.3 is 6.03 Å². The van der Waals surface area contributed by atoms with Crippen molar-refractivity contribution in [3.63, 3.8) is 0 Å². The van der Waals surface area contributed by atoms with Crippen LogP contribution in [-0.2, 0) is 4.79 Å². The number of hydrogen-bond donors (Lipinski definition) is 3. The SMILES string of the molecule is CC1(C)CN(CC(=O)NC(=O)Nc2ccc3c(c2)OCCO3)CCC1N. The monoisotopic (exact) mass is 362 g/mol. The summed E-state index contributed by atoms with van der Waals surface area (Å²) in [4.78, 5) is 26.2. The number of hydrogen-bond acceptors (Lipinski definition) is 6. The average molecular weight is 362 g/mol. The van der Waals surface area contributed by atoms with Gasteiger partial charge in [-0.15, -0.1) is 0 Å². The second kappa shape index (κ2) is 7.51. The number of imide groups is 1. The molecule has 1 aromatic rings. The molecule has 1 unspecified atom stereocenters. The molecule has 1 fully saturated rings. The molecule has 1 saturated heterocycles. The third-order valence-electron chi connectivity index (χ3n) is 4.81. The number of urea groups is 1. The summed E-state index contributed by atoms with van der Waals surface area (Å²) < 4.78 is 10.9. The van der Waals surface area contributed by atoms with Gasteiger partial charge in [0.15, 0.2) is 11.5 Å². The molecule has 2 aliphatic heterocycles. The van der Waals surface area contributed by atoms with E-state index in [-0.39, 0.29) is 23.9 Å². The van der Waals surface area contributed by atoms with Crippen molar-refractivity contribution in [2.24, 2.45) is 11.1 Å². The van der Waals surface area contributed by atoms with Gasteiger partial charge < -0.3 is 20.5 Å². The Morgan fingerprint density at radius 3 is 2.73 bits per heavy atom. The standard InChI is InChI=1S/C18H26N4O4/c1-18(2)11-22(6-5-15(18)19)10-16(23)21-17(24)20-12-3-4-13-14(9-12)26-8-7-25-13/h3-4,9,15H,5-8,10-11,19H2,1-2H3,(H2,20,21,23,24). The predicted octanol–water partition coefficient (Wildman–Crippen LogP) is 1.17. The van der Waals surface area contributed by atoms with Gasteiger partial charge in [-0.2, -0.15) is 0 Å². The first kappa shape index (κ1) is 18.5. The van der Waals surface area contributed by atoms with Gasteiger partial charge in [-0.3, -0.25) is 15.0 Å². The Morgan fingerprint density at radius 1 is 1.27 bits per heavy atom. The van der Waals surface area contributed by atoms with E-state index in [1.54, 1.807) is 18.2 Å². The maximum absolute atomic E-state index is 12.1. The zero-order chi connectivity index (χ0) is 18.7. The lowest BCUT2D eigenvalue weighted by molar-refractivity contribution is -0.121. The summed E-state index contributed by atoms with van der Waals surface area (Å²) in [6.07, 6.45) is 0.837. The minimum atomic E-state index is -0.570. The molecule has 8 heteroatoms. The van der Waals surface area contributed by atoms with Crippen LogP contribution in [0, 0.1) is 5.41 Å². The molecule has 0 aromatic heterocycles. The van der Waals surface area contributed by atoms with Crippen LogP contribution in [-0.4, -0.2) is 55.7 Å². The Bertz CT molecular complexity index is 692. The van der Waals surface area contributed by atoms with Crippen LogP contribution < -0.4 is 25.8 Å². The highest BCUT2D eigenvalue weighted by atomic mass is 16.6. The van der Waals surface area contributed by atoms with E-state index >= 15 is 0 Å². The summed E-state index contributed by atoms with van der Waals surface area (Å²) >= 11 is 0. The Hall–Kier alpha value is -2.32. The second-order valence-electron chi connectivity index (χ2n) is 7.46. The first-order valence-electron chi connectivity index (χ1n) is 8.82. The maximum Gasteiger partial charge on any atom is 0.325 e. The molecule has 8 nitrogen and oxygen atoms in total. The third-order valence-corrected chi connectivity index (χ3v) is 4.81. The van der Waals surface area contributed by atoms with E-state index in [1.807, 2.05) is 4.90 Å². The van der Waals surface area contributed by atoms with Crippen LogP contribution in [0.1, 0.15) is 20.3 Å². The summed E-state index contributed by atoms with van der Waals surface area (Å²) in [6.45, 7) is 6.81. The van der Waals surface area contributed by atoms with Gasteiger partial charge in [0.1, 0.15) is 13.2 Å². The van der Waals surface area contributed by atoms with E-state index in [4.69, 9.17) is 15.2 Å². The van der Waals surface area contributed by atoms with Crippen molar-refractivity contribution >= 4 is 17.6 Å². The van der Waals surface area contributed by atoms with Crippen LogP contribution in [0.5, 0.6) is 11.5 Å². The van der Waals surface area contributed by atoms with Crippen molar-refractivity contribution in [3.05, 3.63) is 18.2 Å². The van der Waals surface area contributed by atoms with Crippen LogP contribution in [0.3, 0.4) is 0 Å². The molecule has 1 atom stereocenters. The molecule has 0 bridgehead atoms. The number of carbonyl (C=O) groups is 2. The van der Waals surface area contributed by atoms with E-state index < -0.39 is 6.03 Å². The van der Waals surface area contributed by atoms with Crippen molar-refractivity contribution in [1.82, 2.24) is 10.2 Å². The molecule has 0 saturated carbocycles.